The Balaban J connectivity index is 1.69. The van der Waals surface area contributed by atoms with Crippen molar-refractivity contribution < 1.29 is 19.4 Å². The number of carboxylic acid groups (broad SMARTS) is 1. The van der Waals surface area contributed by atoms with Crippen LogP contribution in [0.3, 0.4) is 0 Å². The third-order valence-electron chi connectivity index (χ3n) is 4.72. The molecule has 0 aliphatic carbocycles. The third-order valence-corrected chi connectivity index (χ3v) is 4.72. The van der Waals surface area contributed by atoms with E-state index in [1.54, 1.807) is 18.9 Å². The fraction of sp³-hybridized carbons (Fsp3) is 0.444. The second-order valence-corrected chi connectivity index (χ2v) is 6.46. The van der Waals surface area contributed by atoms with Crippen LogP contribution in [0, 0.1) is 12.8 Å². The number of H-pyrrole nitrogens is 1. The Bertz CT molecular complexity index is 804. The summed E-state index contributed by atoms with van der Waals surface area (Å²) in [7, 11) is 1.57. The Morgan fingerprint density at radius 1 is 1.38 bits per heavy atom. The standard InChI is InChI=1S/C18H22N4O4/c1-11-19-16(21-20-11)6-7-17(23)22-9-14(15(10-22)18(24)25)12-4-3-5-13(8-12)26-2/h3-5,8,14-15H,6-7,9-10H2,1-2H3,(H,24,25)(H,19,20,21)/t14-,15+/m0/s1. The molecule has 8 heteroatoms. The number of ether oxygens (including phenoxy) is 1. The maximum absolute atomic E-state index is 12.5. The van der Waals surface area contributed by atoms with Crippen LogP contribution < -0.4 is 4.74 Å². The highest BCUT2D eigenvalue weighted by Gasteiger charge is 2.40. The fourth-order valence-corrected chi connectivity index (χ4v) is 3.35. The number of amides is 1. The highest BCUT2D eigenvalue weighted by molar-refractivity contribution is 5.79. The topological polar surface area (TPSA) is 108 Å². The second-order valence-electron chi connectivity index (χ2n) is 6.46. The zero-order chi connectivity index (χ0) is 18.7. The summed E-state index contributed by atoms with van der Waals surface area (Å²) >= 11 is 0. The fourth-order valence-electron chi connectivity index (χ4n) is 3.35. The molecule has 1 fully saturated rings. The van der Waals surface area contributed by atoms with Crippen molar-refractivity contribution in [1.29, 1.82) is 0 Å². The van der Waals surface area contributed by atoms with E-state index in [-0.39, 0.29) is 24.8 Å². The van der Waals surface area contributed by atoms with Gasteiger partial charge in [-0.3, -0.25) is 14.7 Å². The lowest BCUT2D eigenvalue weighted by atomic mass is 9.89. The minimum atomic E-state index is -0.891. The molecule has 3 rings (SSSR count). The molecule has 2 atom stereocenters. The number of aryl methyl sites for hydroxylation is 2. The summed E-state index contributed by atoms with van der Waals surface area (Å²) in [5.74, 6) is 0.124. The van der Waals surface area contributed by atoms with Gasteiger partial charge < -0.3 is 14.7 Å². The van der Waals surface area contributed by atoms with E-state index in [0.717, 1.165) is 5.56 Å². The van der Waals surface area contributed by atoms with Crippen LogP contribution in [0.15, 0.2) is 24.3 Å². The molecule has 0 unspecified atom stereocenters. The molecule has 2 heterocycles. The zero-order valence-corrected chi connectivity index (χ0v) is 14.8. The van der Waals surface area contributed by atoms with E-state index in [0.29, 0.717) is 30.4 Å². The number of hydrogen-bond donors (Lipinski definition) is 2. The molecule has 1 aliphatic rings. The smallest absolute Gasteiger partial charge is 0.308 e. The van der Waals surface area contributed by atoms with Crippen molar-refractivity contribution in [3.8, 4) is 5.75 Å². The normalized spacial score (nSPS) is 19.5. The van der Waals surface area contributed by atoms with E-state index in [4.69, 9.17) is 4.74 Å². The second kappa shape index (κ2) is 7.55. The lowest BCUT2D eigenvalue weighted by Gasteiger charge is -2.16. The summed E-state index contributed by atoms with van der Waals surface area (Å²) in [6.45, 7) is 2.40. The number of rotatable bonds is 6. The van der Waals surface area contributed by atoms with Crippen molar-refractivity contribution in [2.24, 2.45) is 5.92 Å². The number of methoxy groups -OCH3 is 1. The summed E-state index contributed by atoms with van der Waals surface area (Å²) in [5.41, 5.74) is 0.872. The first-order chi connectivity index (χ1) is 12.5. The van der Waals surface area contributed by atoms with Crippen molar-refractivity contribution >= 4 is 11.9 Å². The van der Waals surface area contributed by atoms with Gasteiger partial charge in [0.15, 0.2) is 5.82 Å². The van der Waals surface area contributed by atoms with Gasteiger partial charge in [0.2, 0.25) is 5.91 Å². The number of hydrogen-bond acceptors (Lipinski definition) is 5. The number of likely N-dealkylation sites (tertiary alicyclic amines) is 1. The molecule has 2 aromatic rings. The molecule has 0 spiro atoms. The van der Waals surface area contributed by atoms with Crippen LogP contribution in [-0.2, 0) is 16.0 Å². The molecular weight excluding hydrogens is 336 g/mol. The minimum absolute atomic E-state index is 0.0795. The number of aromatic nitrogens is 3. The first-order valence-electron chi connectivity index (χ1n) is 8.50. The molecule has 1 saturated heterocycles. The van der Waals surface area contributed by atoms with Crippen LogP contribution in [0.1, 0.15) is 29.6 Å². The highest BCUT2D eigenvalue weighted by Crippen LogP contribution is 2.34. The maximum Gasteiger partial charge on any atom is 0.308 e. The third kappa shape index (κ3) is 3.84. The molecule has 1 aromatic heterocycles. The van der Waals surface area contributed by atoms with Gasteiger partial charge in [0.05, 0.1) is 13.0 Å². The van der Waals surface area contributed by atoms with E-state index in [1.807, 2.05) is 24.3 Å². The van der Waals surface area contributed by atoms with E-state index < -0.39 is 11.9 Å². The van der Waals surface area contributed by atoms with Crippen LogP contribution in [0.25, 0.3) is 0 Å². The average molecular weight is 358 g/mol. The van der Waals surface area contributed by atoms with Crippen LogP contribution in [-0.4, -0.2) is 57.3 Å². The van der Waals surface area contributed by atoms with E-state index in [2.05, 4.69) is 15.2 Å². The Kier molecular flexibility index (Phi) is 5.20. The first kappa shape index (κ1) is 17.9. The zero-order valence-electron chi connectivity index (χ0n) is 14.8. The van der Waals surface area contributed by atoms with Gasteiger partial charge in [-0.1, -0.05) is 12.1 Å². The SMILES string of the molecule is COc1cccc([C@@H]2CN(C(=O)CCc3n[nH]c(C)n3)C[C@H]2C(=O)O)c1. The quantitative estimate of drug-likeness (QED) is 0.808. The molecule has 0 saturated carbocycles. The average Bonchev–Trinajstić information content (AvgIpc) is 3.26. The summed E-state index contributed by atoms with van der Waals surface area (Å²) in [4.78, 5) is 30.0. The summed E-state index contributed by atoms with van der Waals surface area (Å²) < 4.78 is 5.23. The van der Waals surface area contributed by atoms with Gasteiger partial charge in [-0.2, -0.15) is 5.10 Å². The number of nitrogens with zero attached hydrogens (tertiary/aromatic N) is 3. The van der Waals surface area contributed by atoms with Gasteiger partial charge in [-0.25, -0.2) is 4.98 Å². The Labute approximate surface area is 151 Å². The van der Waals surface area contributed by atoms with Crippen LogP contribution in [0.4, 0.5) is 0 Å². The molecule has 8 nitrogen and oxygen atoms in total. The van der Waals surface area contributed by atoms with Gasteiger partial charge in [0.25, 0.3) is 0 Å². The molecule has 0 bridgehead atoms. The number of benzene rings is 1. The lowest BCUT2D eigenvalue weighted by Crippen LogP contribution is -2.30. The number of carbonyl (C=O) groups is 2. The Morgan fingerprint density at radius 2 is 2.19 bits per heavy atom. The molecule has 1 aliphatic heterocycles. The number of aromatic amines is 1. The van der Waals surface area contributed by atoms with Crippen molar-refractivity contribution in [1.82, 2.24) is 20.1 Å². The monoisotopic (exact) mass is 358 g/mol. The molecular formula is C18H22N4O4. The molecule has 138 valence electrons. The summed E-state index contributed by atoms with van der Waals surface area (Å²) in [6, 6.07) is 7.37. The van der Waals surface area contributed by atoms with Crippen molar-refractivity contribution in [2.45, 2.75) is 25.7 Å². The maximum atomic E-state index is 12.5. The van der Waals surface area contributed by atoms with Crippen molar-refractivity contribution in [2.75, 3.05) is 20.2 Å². The van der Waals surface area contributed by atoms with Gasteiger partial charge in [0, 0.05) is 31.8 Å². The van der Waals surface area contributed by atoms with Crippen LogP contribution in [0.5, 0.6) is 5.75 Å². The van der Waals surface area contributed by atoms with E-state index >= 15 is 0 Å². The van der Waals surface area contributed by atoms with Gasteiger partial charge in [0.1, 0.15) is 11.6 Å². The molecule has 0 radical (unpaired) electrons. The van der Waals surface area contributed by atoms with Gasteiger partial charge >= 0.3 is 5.97 Å². The lowest BCUT2D eigenvalue weighted by molar-refractivity contribution is -0.141. The number of aliphatic carboxylic acids is 1. The number of carbonyl (C=O) groups excluding carboxylic acids is 1. The summed E-state index contributed by atoms with van der Waals surface area (Å²) in [6.07, 6.45) is 0.690. The predicted octanol–water partition coefficient (Wildman–Crippen LogP) is 1.38. The van der Waals surface area contributed by atoms with Crippen LogP contribution >= 0.6 is 0 Å². The highest BCUT2D eigenvalue weighted by atomic mass is 16.5. The molecule has 2 N–H and O–H groups in total. The Hall–Kier alpha value is -2.90. The number of nitrogens with one attached hydrogen (secondary N) is 1. The largest absolute Gasteiger partial charge is 0.497 e. The van der Waals surface area contributed by atoms with E-state index in [1.165, 1.54) is 0 Å². The van der Waals surface area contributed by atoms with E-state index in [9.17, 15) is 14.7 Å². The molecule has 26 heavy (non-hydrogen) atoms. The minimum Gasteiger partial charge on any atom is -0.497 e. The predicted molar refractivity (Wildman–Crippen MR) is 92.9 cm³/mol. The first-order valence-corrected chi connectivity index (χ1v) is 8.50. The number of carboxylic acids is 1. The molecule has 1 amide bonds. The van der Waals surface area contributed by atoms with Crippen molar-refractivity contribution in [3.05, 3.63) is 41.5 Å². The van der Waals surface area contributed by atoms with Crippen molar-refractivity contribution in [3.63, 3.8) is 0 Å². The summed E-state index contributed by atoms with van der Waals surface area (Å²) in [5, 5.41) is 16.4. The van der Waals surface area contributed by atoms with Gasteiger partial charge in [-0.15, -0.1) is 0 Å². The van der Waals surface area contributed by atoms with Gasteiger partial charge in [-0.05, 0) is 24.6 Å². The molecule has 1 aromatic carbocycles. The van der Waals surface area contributed by atoms with Crippen LogP contribution in [0.2, 0.25) is 0 Å². The Morgan fingerprint density at radius 3 is 2.85 bits per heavy atom.